The van der Waals surface area contributed by atoms with Crippen LogP contribution in [0.25, 0.3) is 11.6 Å². The SMILES string of the molecule is Cc1ccc2c(c1)COc1ccccc1C2=Cc1cccc(NS(C)(=O)=O)c1. The number of benzene rings is 3. The lowest BCUT2D eigenvalue weighted by molar-refractivity contribution is 0.307. The number of aryl methyl sites for hydroxylation is 1. The molecule has 0 aromatic heterocycles. The van der Waals surface area contributed by atoms with Crippen molar-refractivity contribution in [3.63, 3.8) is 0 Å². The molecule has 0 spiro atoms. The van der Waals surface area contributed by atoms with Crippen molar-refractivity contribution in [2.75, 3.05) is 11.0 Å². The van der Waals surface area contributed by atoms with Gasteiger partial charge in [-0.3, -0.25) is 4.72 Å². The molecule has 142 valence electrons. The summed E-state index contributed by atoms with van der Waals surface area (Å²) >= 11 is 0. The molecule has 0 atom stereocenters. The molecule has 0 bridgehead atoms. The largest absolute Gasteiger partial charge is 0.488 e. The summed E-state index contributed by atoms with van der Waals surface area (Å²) in [5.74, 6) is 0.841. The van der Waals surface area contributed by atoms with Gasteiger partial charge in [-0.25, -0.2) is 8.42 Å². The van der Waals surface area contributed by atoms with Crippen molar-refractivity contribution in [2.45, 2.75) is 13.5 Å². The minimum atomic E-state index is -3.33. The Kier molecular flexibility index (Phi) is 4.69. The van der Waals surface area contributed by atoms with E-state index in [0.29, 0.717) is 12.3 Å². The normalized spacial score (nSPS) is 14.6. The third kappa shape index (κ3) is 3.94. The summed E-state index contributed by atoms with van der Waals surface area (Å²) in [7, 11) is -3.33. The van der Waals surface area contributed by atoms with Crippen LogP contribution in [-0.4, -0.2) is 14.7 Å². The lowest BCUT2D eigenvalue weighted by Gasteiger charge is -2.12. The molecule has 1 heterocycles. The second-order valence-corrected chi connectivity index (χ2v) is 8.75. The average molecular weight is 391 g/mol. The molecule has 3 aromatic carbocycles. The van der Waals surface area contributed by atoms with Gasteiger partial charge in [0.2, 0.25) is 10.0 Å². The third-order valence-electron chi connectivity index (χ3n) is 4.61. The fraction of sp³-hybridized carbons (Fsp3) is 0.130. The van der Waals surface area contributed by atoms with Crippen LogP contribution in [0.2, 0.25) is 0 Å². The Bertz CT molecular complexity index is 1180. The molecule has 0 amide bonds. The molecule has 5 heteroatoms. The molecule has 0 radical (unpaired) electrons. The van der Waals surface area contributed by atoms with Gasteiger partial charge in [-0.15, -0.1) is 0 Å². The highest BCUT2D eigenvalue weighted by Crippen LogP contribution is 2.38. The first-order chi connectivity index (χ1) is 13.4. The molecular formula is C23H21NO3S. The number of anilines is 1. The maximum absolute atomic E-state index is 11.6. The second-order valence-electron chi connectivity index (χ2n) is 7.00. The third-order valence-corrected chi connectivity index (χ3v) is 5.22. The molecule has 1 aliphatic rings. The molecule has 0 unspecified atom stereocenters. The van der Waals surface area contributed by atoms with E-state index in [9.17, 15) is 8.42 Å². The summed E-state index contributed by atoms with van der Waals surface area (Å²) in [5, 5.41) is 0. The molecule has 3 aromatic rings. The molecule has 0 saturated carbocycles. The van der Waals surface area contributed by atoms with Crippen LogP contribution in [0.1, 0.15) is 27.8 Å². The van der Waals surface area contributed by atoms with Gasteiger partial charge in [0.1, 0.15) is 12.4 Å². The Morgan fingerprint density at radius 3 is 2.61 bits per heavy atom. The lowest BCUT2D eigenvalue weighted by Crippen LogP contribution is -2.09. The second kappa shape index (κ2) is 7.17. The average Bonchev–Trinajstić information content (AvgIpc) is 2.78. The van der Waals surface area contributed by atoms with Crippen molar-refractivity contribution in [3.8, 4) is 5.75 Å². The van der Waals surface area contributed by atoms with Crippen LogP contribution in [0.4, 0.5) is 5.69 Å². The van der Waals surface area contributed by atoms with E-state index >= 15 is 0 Å². The fourth-order valence-electron chi connectivity index (χ4n) is 3.45. The Labute approximate surface area is 165 Å². The van der Waals surface area contributed by atoms with E-state index < -0.39 is 10.0 Å². The molecule has 0 fully saturated rings. The molecule has 1 aliphatic heterocycles. The van der Waals surface area contributed by atoms with Gasteiger partial charge in [0.25, 0.3) is 0 Å². The van der Waals surface area contributed by atoms with Crippen LogP contribution >= 0.6 is 0 Å². The van der Waals surface area contributed by atoms with E-state index in [1.54, 1.807) is 6.07 Å². The van der Waals surface area contributed by atoms with Crippen LogP contribution in [0.5, 0.6) is 5.75 Å². The Morgan fingerprint density at radius 1 is 0.964 bits per heavy atom. The standard InChI is InChI=1S/C23H21NO3S/c1-16-10-11-20-18(12-16)15-27-23-9-4-3-8-21(23)22(20)14-17-6-5-7-19(13-17)24-28(2,25)26/h3-14,24H,15H2,1-2H3. The van der Waals surface area contributed by atoms with Crippen molar-refractivity contribution in [1.82, 2.24) is 0 Å². The first kappa shape index (κ1) is 18.3. The zero-order valence-corrected chi connectivity index (χ0v) is 16.6. The zero-order valence-electron chi connectivity index (χ0n) is 15.8. The number of rotatable bonds is 3. The number of nitrogens with one attached hydrogen (secondary N) is 1. The van der Waals surface area contributed by atoms with Gasteiger partial charge >= 0.3 is 0 Å². The highest BCUT2D eigenvalue weighted by Gasteiger charge is 2.19. The molecule has 4 nitrogen and oxygen atoms in total. The van der Waals surface area contributed by atoms with E-state index in [4.69, 9.17) is 4.74 Å². The topological polar surface area (TPSA) is 55.4 Å². The van der Waals surface area contributed by atoms with Crippen LogP contribution < -0.4 is 9.46 Å². The van der Waals surface area contributed by atoms with Gasteiger partial charge in [-0.05, 0) is 53.5 Å². The van der Waals surface area contributed by atoms with Gasteiger partial charge in [0, 0.05) is 11.3 Å². The van der Waals surface area contributed by atoms with Gasteiger partial charge in [-0.2, -0.15) is 0 Å². The zero-order chi connectivity index (χ0) is 19.7. The summed E-state index contributed by atoms with van der Waals surface area (Å²) in [6.07, 6.45) is 3.23. The summed E-state index contributed by atoms with van der Waals surface area (Å²) in [4.78, 5) is 0. The van der Waals surface area contributed by atoms with E-state index in [-0.39, 0.29) is 0 Å². The first-order valence-electron chi connectivity index (χ1n) is 9.01. The van der Waals surface area contributed by atoms with E-state index in [0.717, 1.165) is 39.8 Å². The van der Waals surface area contributed by atoms with Gasteiger partial charge in [0.05, 0.1) is 6.26 Å². The van der Waals surface area contributed by atoms with E-state index in [1.165, 1.54) is 5.56 Å². The van der Waals surface area contributed by atoms with Gasteiger partial charge in [-0.1, -0.05) is 54.1 Å². The smallest absolute Gasteiger partial charge is 0.229 e. The number of para-hydroxylation sites is 1. The Hall–Kier alpha value is -3.05. The number of sulfonamides is 1. The lowest BCUT2D eigenvalue weighted by atomic mass is 9.92. The number of hydrogen-bond donors (Lipinski definition) is 1. The Balaban J connectivity index is 1.88. The van der Waals surface area contributed by atoms with Crippen molar-refractivity contribution in [2.24, 2.45) is 0 Å². The highest BCUT2D eigenvalue weighted by atomic mass is 32.2. The van der Waals surface area contributed by atoms with Crippen LogP contribution in [0.15, 0.2) is 66.7 Å². The quantitative estimate of drug-likeness (QED) is 0.694. The fourth-order valence-corrected chi connectivity index (χ4v) is 4.00. The molecule has 0 saturated heterocycles. The van der Waals surface area contributed by atoms with Crippen molar-refractivity contribution < 1.29 is 13.2 Å². The van der Waals surface area contributed by atoms with Gasteiger partial charge < -0.3 is 4.74 Å². The summed E-state index contributed by atoms with van der Waals surface area (Å²) in [5.41, 5.74) is 6.97. The van der Waals surface area contributed by atoms with Crippen molar-refractivity contribution in [1.29, 1.82) is 0 Å². The summed E-state index contributed by atoms with van der Waals surface area (Å²) in [6.45, 7) is 2.59. The van der Waals surface area contributed by atoms with Crippen molar-refractivity contribution >= 4 is 27.4 Å². The van der Waals surface area contributed by atoms with E-state index in [1.807, 2.05) is 36.4 Å². The molecule has 28 heavy (non-hydrogen) atoms. The highest BCUT2D eigenvalue weighted by molar-refractivity contribution is 7.92. The maximum Gasteiger partial charge on any atom is 0.229 e. The maximum atomic E-state index is 11.6. The molecule has 0 aliphatic carbocycles. The van der Waals surface area contributed by atoms with E-state index in [2.05, 4.69) is 42.0 Å². The molecular weight excluding hydrogens is 370 g/mol. The molecule has 1 N–H and O–H groups in total. The minimum absolute atomic E-state index is 0.515. The number of ether oxygens (including phenoxy) is 1. The monoisotopic (exact) mass is 391 g/mol. The van der Waals surface area contributed by atoms with Crippen molar-refractivity contribution in [3.05, 3.63) is 94.5 Å². The molecule has 4 rings (SSSR count). The Morgan fingerprint density at radius 2 is 1.79 bits per heavy atom. The predicted molar refractivity (Wildman–Crippen MR) is 114 cm³/mol. The van der Waals surface area contributed by atoms with Gasteiger partial charge in [0.15, 0.2) is 0 Å². The van der Waals surface area contributed by atoms with Crippen LogP contribution in [0, 0.1) is 6.92 Å². The number of hydrogen-bond acceptors (Lipinski definition) is 3. The first-order valence-corrected chi connectivity index (χ1v) is 10.9. The summed E-state index contributed by atoms with van der Waals surface area (Å²) < 4.78 is 31.7. The summed E-state index contributed by atoms with van der Waals surface area (Å²) in [6, 6.07) is 21.7. The van der Waals surface area contributed by atoms with Crippen LogP contribution in [-0.2, 0) is 16.6 Å². The number of fused-ring (bicyclic) bond motifs is 2. The van der Waals surface area contributed by atoms with Crippen LogP contribution in [0.3, 0.4) is 0 Å². The predicted octanol–water partition coefficient (Wildman–Crippen LogP) is 4.85. The minimum Gasteiger partial charge on any atom is -0.488 e.